The topological polar surface area (TPSA) is 49.8 Å². The van der Waals surface area contributed by atoms with Gasteiger partial charge in [-0.15, -0.1) is 0 Å². The summed E-state index contributed by atoms with van der Waals surface area (Å²) in [4.78, 5) is 7.99. The van der Waals surface area contributed by atoms with Crippen LogP contribution < -0.4 is 10.6 Å². The second kappa shape index (κ2) is 4.85. The van der Waals surface area contributed by atoms with Crippen LogP contribution >= 0.6 is 0 Å². The van der Waals surface area contributed by atoms with Crippen molar-refractivity contribution in [3.8, 4) is 0 Å². The number of anilines is 2. The molecule has 2 N–H and O–H groups in total. The smallest absolute Gasteiger partial charge is 0.224 e. The van der Waals surface area contributed by atoms with Gasteiger partial charge in [0.05, 0.1) is 6.20 Å². The van der Waals surface area contributed by atoms with Gasteiger partial charge in [-0.1, -0.05) is 6.92 Å². The van der Waals surface area contributed by atoms with Crippen molar-refractivity contribution in [1.29, 1.82) is 0 Å². The average molecular weight is 238 g/mol. The number of nitrogens with zero attached hydrogens (tertiary/aromatic N) is 2. The van der Waals surface area contributed by atoms with Crippen molar-refractivity contribution in [2.75, 3.05) is 23.7 Å². The van der Waals surface area contributed by atoms with E-state index in [4.69, 9.17) is 0 Å². The quantitative estimate of drug-likeness (QED) is 0.800. The van der Waals surface area contributed by atoms with Crippen LogP contribution in [-0.2, 0) is 0 Å². The normalized spacial score (nSPS) is 16.6. The summed E-state index contributed by atoms with van der Waals surface area (Å²) in [5.41, 5.74) is 0.371. The molecule has 1 aliphatic carbocycles. The van der Waals surface area contributed by atoms with Gasteiger partial charge in [0.1, 0.15) is 0 Å². The Morgan fingerprint density at radius 1 is 1.35 bits per heavy atom. The molecule has 0 spiro atoms. The Bertz CT molecular complexity index is 390. The maximum atomic E-state index is 13.5. The van der Waals surface area contributed by atoms with Crippen molar-refractivity contribution in [2.45, 2.75) is 33.1 Å². The first-order chi connectivity index (χ1) is 8.19. The molecule has 94 valence electrons. The van der Waals surface area contributed by atoms with Crippen LogP contribution in [0.15, 0.2) is 6.20 Å². The number of hydrogen-bond acceptors (Lipinski definition) is 4. The summed E-state index contributed by atoms with van der Waals surface area (Å²) < 4.78 is 13.5. The van der Waals surface area contributed by atoms with Gasteiger partial charge in [0, 0.05) is 13.1 Å². The van der Waals surface area contributed by atoms with Crippen molar-refractivity contribution in [2.24, 2.45) is 5.41 Å². The Morgan fingerprint density at radius 2 is 2.12 bits per heavy atom. The minimum Gasteiger partial charge on any atom is -0.367 e. The first-order valence-electron chi connectivity index (χ1n) is 6.19. The largest absolute Gasteiger partial charge is 0.367 e. The predicted molar refractivity (Wildman–Crippen MR) is 66.6 cm³/mol. The summed E-state index contributed by atoms with van der Waals surface area (Å²) in [6.45, 7) is 5.65. The molecule has 0 aliphatic heterocycles. The fourth-order valence-corrected chi connectivity index (χ4v) is 1.84. The number of aromatic nitrogens is 2. The maximum absolute atomic E-state index is 13.5. The monoisotopic (exact) mass is 238 g/mol. The van der Waals surface area contributed by atoms with Gasteiger partial charge in [0.2, 0.25) is 5.95 Å². The third-order valence-corrected chi connectivity index (χ3v) is 3.42. The first-order valence-corrected chi connectivity index (χ1v) is 6.19. The zero-order valence-corrected chi connectivity index (χ0v) is 10.4. The van der Waals surface area contributed by atoms with Crippen molar-refractivity contribution in [1.82, 2.24) is 9.97 Å². The minimum atomic E-state index is -0.390. The van der Waals surface area contributed by atoms with Crippen molar-refractivity contribution in [3.05, 3.63) is 12.0 Å². The molecular formula is C12H19FN4. The van der Waals surface area contributed by atoms with Gasteiger partial charge in [-0.25, -0.2) is 9.37 Å². The van der Waals surface area contributed by atoms with E-state index in [1.807, 2.05) is 6.92 Å². The lowest BCUT2D eigenvalue weighted by molar-refractivity contribution is 0.517. The van der Waals surface area contributed by atoms with Gasteiger partial charge in [-0.2, -0.15) is 4.98 Å². The van der Waals surface area contributed by atoms with Crippen molar-refractivity contribution >= 4 is 11.8 Å². The molecule has 1 aromatic rings. The van der Waals surface area contributed by atoms with Crippen LogP contribution in [0, 0.1) is 11.2 Å². The molecule has 1 aromatic heterocycles. The second-order valence-electron chi connectivity index (χ2n) is 4.63. The summed E-state index contributed by atoms with van der Waals surface area (Å²) >= 11 is 0. The van der Waals surface area contributed by atoms with Crippen LogP contribution in [-0.4, -0.2) is 23.1 Å². The summed E-state index contributed by atoms with van der Waals surface area (Å²) in [6, 6.07) is 0. The Morgan fingerprint density at radius 3 is 2.71 bits per heavy atom. The van der Waals surface area contributed by atoms with E-state index >= 15 is 0 Å². The molecule has 17 heavy (non-hydrogen) atoms. The molecule has 0 radical (unpaired) electrons. The molecule has 0 aromatic carbocycles. The van der Waals surface area contributed by atoms with Crippen LogP contribution in [0.5, 0.6) is 0 Å². The molecule has 4 nitrogen and oxygen atoms in total. The molecule has 1 fully saturated rings. The molecule has 5 heteroatoms. The van der Waals surface area contributed by atoms with Gasteiger partial charge in [-0.05, 0) is 31.6 Å². The summed E-state index contributed by atoms with van der Waals surface area (Å²) in [6.07, 6.45) is 4.79. The Labute approximate surface area is 101 Å². The molecule has 0 saturated heterocycles. The van der Waals surface area contributed by atoms with Gasteiger partial charge in [0.25, 0.3) is 0 Å². The van der Waals surface area contributed by atoms with Crippen LogP contribution in [0.2, 0.25) is 0 Å². The summed E-state index contributed by atoms with van der Waals surface area (Å²) in [5.74, 6) is 0.381. The average Bonchev–Trinajstić information content (AvgIpc) is 3.11. The van der Waals surface area contributed by atoms with E-state index in [0.29, 0.717) is 17.2 Å². The van der Waals surface area contributed by atoms with Gasteiger partial charge < -0.3 is 10.6 Å². The highest BCUT2D eigenvalue weighted by Crippen LogP contribution is 2.48. The molecule has 0 unspecified atom stereocenters. The molecule has 0 bridgehead atoms. The van der Waals surface area contributed by atoms with Crippen LogP contribution in [0.3, 0.4) is 0 Å². The van der Waals surface area contributed by atoms with E-state index in [2.05, 4.69) is 27.5 Å². The third-order valence-electron chi connectivity index (χ3n) is 3.42. The Kier molecular flexibility index (Phi) is 3.45. The van der Waals surface area contributed by atoms with E-state index in [0.717, 1.165) is 19.5 Å². The lowest BCUT2D eigenvalue weighted by atomic mass is 10.0. The Hall–Kier alpha value is -1.39. The highest BCUT2D eigenvalue weighted by molar-refractivity contribution is 5.41. The van der Waals surface area contributed by atoms with E-state index in [9.17, 15) is 4.39 Å². The second-order valence-corrected chi connectivity index (χ2v) is 4.63. The highest BCUT2D eigenvalue weighted by atomic mass is 19.1. The lowest BCUT2D eigenvalue weighted by Crippen LogP contribution is -2.17. The number of rotatable bonds is 6. The molecule has 0 amide bonds. The van der Waals surface area contributed by atoms with Crippen molar-refractivity contribution < 1.29 is 4.39 Å². The van der Waals surface area contributed by atoms with E-state index in [1.54, 1.807) is 0 Å². The predicted octanol–water partition coefficient (Wildman–Crippen LogP) is 2.65. The highest BCUT2D eigenvalue weighted by Gasteiger charge is 2.40. The van der Waals surface area contributed by atoms with Crippen LogP contribution in [0.4, 0.5) is 16.2 Å². The minimum absolute atomic E-state index is 0.302. The third kappa shape index (κ3) is 2.84. The first kappa shape index (κ1) is 12.1. The Balaban J connectivity index is 2.01. The summed E-state index contributed by atoms with van der Waals surface area (Å²) in [7, 11) is 0. The van der Waals surface area contributed by atoms with Crippen molar-refractivity contribution in [3.63, 3.8) is 0 Å². The fourth-order valence-electron chi connectivity index (χ4n) is 1.84. The van der Waals surface area contributed by atoms with Gasteiger partial charge >= 0.3 is 0 Å². The number of hydrogen-bond donors (Lipinski definition) is 2. The standard InChI is InChI=1S/C12H19FN4/c1-3-12(5-6-12)8-16-10-9(13)7-15-11(17-10)14-4-2/h7H,3-6,8H2,1-2H3,(H2,14,15,16,17). The molecule has 1 heterocycles. The molecule has 2 rings (SSSR count). The number of halogens is 1. The molecule has 0 atom stereocenters. The van der Waals surface area contributed by atoms with Gasteiger partial charge in [-0.3, -0.25) is 0 Å². The lowest BCUT2D eigenvalue weighted by Gasteiger charge is -2.14. The zero-order chi connectivity index (χ0) is 12.3. The zero-order valence-electron chi connectivity index (χ0n) is 10.4. The van der Waals surface area contributed by atoms with E-state index in [1.165, 1.54) is 19.0 Å². The summed E-state index contributed by atoms with van der Waals surface area (Å²) in [5, 5.41) is 6.07. The maximum Gasteiger partial charge on any atom is 0.224 e. The van der Waals surface area contributed by atoms with E-state index < -0.39 is 5.82 Å². The fraction of sp³-hybridized carbons (Fsp3) is 0.667. The molecular weight excluding hydrogens is 219 g/mol. The molecule has 1 aliphatic rings. The van der Waals surface area contributed by atoms with Gasteiger partial charge in [0.15, 0.2) is 11.6 Å². The number of nitrogens with one attached hydrogen (secondary N) is 2. The van der Waals surface area contributed by atoms with E-state index in [-0.39, 0.29) is 0 Å². The molecule has 1 saturated carbocycles. The van der Waals surface area contributed by atoms with Crippen LogP contribution in [0.1, 0.15) is 33.1 Å². The SMILES string of the molecule is CCNc1ncc(F)c(NCC2(CC)CC2)n1. The van der Waals surface area contributed by atoms with Crippen LogP contribution in [0.25, 0.3) is 0 Å².